The molecule has 0 spiro atoms. The van der Waals surface area contributed by atoms with Crippen LogP contribution in [0.5, 0.6) is 5.75 Å². The van der Waals surface area contributed by atoms with Crippen LogP contribution in [0.3, 0.4) is 0 Å². The molecule has 2 aromatic rings. The van der Waals surface area contributed by atoms with Crippen molar-refractivity contribution >= 4 is 10.8 Å². The van der Waals surface area contributed by atoms with Crippen molar-refractivity contribution in [2.45, 2.75) is 19.8 Å². The second-order valence-corrected chi connectivity index (χ2v) is 3.62. The molecule has 1 nitrogen and oxygen atoms in total. The lowest BCUT2D eigenvalue weighted by molar-refractivity contribution is 0.310. The highest BCUT2D eigenvalue weighted by molar-refractivity contribution is 5.83. The van der Waals surface area contributed by atoms with Gasteiger partial charge in [-0.05, 0) is 35.4 Å². The van der Waals surface area contributed by atoms with Crippen molar-refractivity contribution < 1.29 is 4.74 Å². The van der Waals surface area contributed by atoms with Crippen LogP contribution in [0.2, 0.25) is 0 Å². The topological polar surface area (TPSA) is 9.23 Å². The van der Waals surface area contributed by atoms with Gasteiger partial charge in [0.05, 0.1) is 6.61 Å². The maximum Gasteiger partial charge on any atom is 0.119 e. The summed E-state index contributed by atoms with van der Waals surface area (Å²) in [7, 11) is 0. The number of ether oxygens (including phenoxy) is 1. The Kier molecular flexibility index (Phi) is 3.23. The number of benzene rings is 2. The van der Waals surface area contributed by atoms with Crippen LogP contribution in [-0.2, 0) is 0 Å². The van der Waals surface area contributed by atoms with Crippen LogP contribution in [0.1, 0.15) is 19.8 Å². The van der Waals surface area contributed by atoms with Gasteiger partial charge in [0, 0.05) is 0 Å². The fourth-order valence-electron chi connectivity index (χ4n) is 1.52. The zero-order valence-corrected chi connectivity index (χ0v) is 8.99. The van der Waals surface area contributed by atoms with Crippen molar-refractivity contribution in [2.75, 3.05) is 6.61 Å². The monoisotopic (exact) mass is 199 g/mol. The van der Waals surface area contributed by atoms with Gasteiger partial charge in [0.15, 0.2) is 0 Å². The van der Waals surface area contributed by atoms with Crippen LogP contribution in [0.25, 0.3) is 10.8 Å². The Hall–Kier alpha value is -1.50. The lowest BCUT2D eigenvalue weighted by atomic mass is 10.1. The maximum absolute atomic E-state index is 5.64. The van der Waals surface area contributed by atoms with Gasteiger partial charge in [0.25, 0.3) is 0 Å². The second-order valence-electron chi connectivity index (χ2n) is 3.62. The Balaban J connectivity index is 2.16. The first-order chi connectivity index (χ1) is 7.40. The minimum absolute atomic E-state index is 0.804. The van der Waals surface area contributed by atoms with Crippen molar-refractivity contribution in [1.82, 2.24) is 0 Å². The lowest BCUT2D eigenvalue weighted by Crippen LogP contribution is -1.95. The fourth-order valence-corrected chi connectivity index (χ4v) is 1.52. The van der Waals surface area contributed by atoms with E-state index in [1.165, 1.54) is 11.8 Å². The average Bonchev–Trinajstić information content (AvgIpc) is 2.29. The summed E-state index contributed by atoms with van der Waals surface area (Å²) < 4.78 is 5.64. The van der Waals surface area contributed by atoms with Gasteiger partial charge >= 0.3 is 0 Å². The first kappa shape index (κ1) is 10.0. The molecule has 77 valence electrons. The quantitative estimate of drug-likeness (QED) is 0.680. The summed E-state index contributed by atoms with van der Waals surface area (Å²) in [5.41, 5.74) is 0. The molecule has 0 saturated carbocycles. The second kappa shape index (κ2) is 4.83. The molecule has 0 atom stereocenters. The fraction of sp³-hybridized carbons (Fsp3) is 0.286. The average molecular weight is 199 g/mol. The highest BCUT2D eigenvalue weighted by Gasteiger charge is 1.96. The van der Waals surface area contributed by atoms with E-state index < -0.39 is 0 Å². The summed E-state index contributed by atoms with van der Waals surface area (Å²) in [4.78, 5) is 0. The van der Waals surface area contributed by atoms with Crippen molar-refractivity contribution in [3.8, 4) is 5.75 Å². The van der Waals surface area contributed by atoms with Crippen molar-refractivity contribution in [3.05, 3.63) is 42.5 Å². The Bertz CT molecular complexity index is 434. The van der Waals surface area contributed by atoms with E-state index in [2.05, 4.69) is 31.2 Å². The Labute approximate surface area is 90.7 Å². The number of hydrogen-bond acceptors (Lipinski definition) is 1. The zero-order valence-electron chi connectivity index (χ0n) is 8.99. The largest absolute Gasteiger partial charge is 0.494 e. The molecule has 0 aliphatic rings. The minimum atomic E-state index is 0.804. The Morgan fingerprint density at radius 1 is 1.27 bits per heavy atom. The normalized spacial score (nSPS) is 10.5. The molecule has 1 heteroatoms. The van der Waals surface area contributed by atoms with Crippen LogP contribution in [0.15, 0.2) is 36.4 Å². The van der Waals surface area contributed by atoms with Gasteiger partial charge in [-0.2, -0.15) is 0 Å². The first-order valence-corrected chi connectivity index (χ1v) is 5.43. The molecule has 0 fully saturated rings. The number of unbranched alkanes of at least 4 members (excludes halogenated alkanes) is 1. The standard InChI is InChI=1S/C14H15O/c1-2-3-10-15-14-9-8-12-6-4-5-7-13(12)11-14/h4-5,7-9,11H,2-3,10H2,1H3. The first-order valence-electron chi connectivity index (χ1n) is 5.43. The lowest BCUT2D eigenvalue weighted by Gasteiger charge is -2.06. The molecular formula is C14H15O. The molecule has 2 rings (SSSR count). The summed E-state index contributed by atoms with van der Waals surface area (Å²) in [5.74, 6) is 0.954. The minimum Gasteiger partial charge on any atom is -0.494 e. The van der Waals surface area contributed by atoms with Gasteiger partial charge in [-0.15, -0.1) is 0 Å². The number of fused-ring (bicyclic) bond motifs is 1. The van der Waals surface area contributed by atoms with E-state index in [1.807, 2.05) is 18.2 Å². The van der Waals surface area contributed by atoms with Crippen LogP contribution in [0, 0.1) is 6.07 Å². The molecule has 2 aromatic carbocycles. The van der Waals surface area contributed by atoms with Crippen LogP contribution >= 0.6 is 0 Å². The predicted octanol–water partition coefficient (Wildman–Crippen LogP) is 3.82. The Morgan fingerprint density at radius 2 is 2.20 bits per heavy atom. The third-order valence-corrected chi connectivity index (χ3v) is 2.40. The van der Waals surface area contributed by atoms with Gasteiger partial charge in [0.1, 0.15) is 5.75 Å². The summed E-state index contributed by atoms with van der Waals surface area (Å²) in [5, 5.41) is 2.33. The molecule has 1 radical (unpaired) electrons. The molecule has 0 bridgehead atoms. The molecule has 0 heterocycles. The molecule has 0 saturated heterocycles. The SMILES string of the molecule is CCCCOc1ccc2[c]cccc2c1. The highest BCUT2D eigenvalue weighted by Crippen LogP contribution is 2.20. The maximum atomic E-state index is 5.64. The van der Waals surface area contributed by atoms with Gasteiger partial charge in [-0.1, -0.05) is 37.6 Å². The third-order valence-electron chi connectivity index (χ3n) is 2.40. The predicted molar refractivity (Wildman–Crippen MR) is 63.2 cm³/mol. The van der Waals surface area contributed by atoms with E-state index in [9.17, 15) is 0 Å². The van der Waals surface area contributed by atoms with Crippen LogP contribution in [-0.4, -0.2) is 6.61 Å². The van der Waals surface area contributed by atoms with E-state index in [-0.39, 0.29) is 0 Å². The van der Waals surface area contributed by atoms with Crippen molar-refractivity contribution in [2.24, 2.45) is 0 Å². The van der Waals surface area contributed by atoms with Gasteiger partial charge in [0.2, 0.25) is 0 Å². The number of hydrogen-bond donors (Lipinski definition) is 0. The number of rotatable bonds is 4. The molecule has 0 amide bonds. The van der Waals surface area contributed by atoms with Crippen LogP contribution < -0.4 is 4.74 Å². The van der Waals surface area contributed by atoms with Gasteiger partial charge in [-0.3, -0.25) is 0 Å². The molecule has 15 heavy (non-hydrogen) atoms. The molecular weight excluding hydrogens is 184 g/mol. The molecule has 0 aliphatic heterocycles. The molecule has 0 aromatic heterocycles. The van der Waals surface area contributed by atoms with E-state index in [4.69, 9.17) is 4.74 Å². The van der Waals surface area contributed by atoms with Gasteiger partial charge in [-0.25, -0.2) is 0 Å². The van der Waals surface area contributed by atoms with Crippen molar-refractivity contribution in [3.63, 3.8) is 0 Å². The summed E-state index contributed by atoms with van der Waals surface area (Å²) in [6.07, 6.45) is 2.28. The van der Waals surface area contributed by atoms with E-state index >= 15 is 0 Å². The third kappa shape index (κ3) is 2.50. The van der Waals surface area contributed by atoms with Gasteiger partial charge < -0.3 is 4.74 Å². The zero-order chi connectivity index (χ0) is 10.5. The molecule has 0 unspecified atom stereocenters. The van der Waals surface area contributed by atoms with E-state index in [1.54, 1.807) is 0 Å². The highest BCUT2D eigenvalue weighted by atomic mass is 16.5. The smallest absolute Gasteiger partial charge is 0.119 e. The molecule has 0 N–H and O–H groups in total. The van der Waals surface area contributed by atoms with Crippen LogP contribution in [0.4, 0.5) is 0 Å². The molecule has 0 aliphatic carbocycles. The summed E-state index contributed by atoms with van der Waals surface area (Å²) in [6.45, 7) is 2.97. The van der Waals surface area contributed by atoms with Crippen molar-refractivity contribution in [1.29, 1.82) is 0 Å². The Morgan fingerprint density at radius 3 is 3.07 bits per heavy atom. The summed E-state index contributed by atoms with van der Waals surface area (Å²) in [6, 6.07) is 15.3. The van der Waals surface area contributed by atoms with E-state index in [0.29, 0.717) is 0 Å². The van der Waals surface area contributed by atoms with E-state index in [0.717, 1.165) is 24.2 Å². The summed E-state index contributed by atoms with van der Waals surface area (Å²) >= 11 is 0.